The van der Waals surface area contributed by atoms with Crippen LogP contribution in [0, 0.1) is 0 Å². The molecule has 1 aliphatic heterocycles. The fourth-order valence-electron chi connectivity index (χ4n) is 2.42. The van der Waals surface area contributed by atoms with E-state index < -0.39 is 12.1 Å². The Bertz CT molecular complexity index is 746. The number of esters is 1. The Kier molecular flexibility index (Phi) is 5.18. The van der Waals surface area contributed by atoms with Crippen LogP contribution in [0.1, 0.15) is 5.56 Å². The van der Waals surface area contributed by atoms with Gasteiger partial charge in [-0.15, -0.1) is 0 Å². The van der Waals surface area contributed by atoms with Gasteiger partial charge in [-0.1, -0.05) is 42.5 Å². The van der Waals surface area contributed by atoms with Crippen molar-refractivity contribution in [3.8, 4) is 11.5 Å². The summed E-state index contributed by atoms with van der Waals surface area (Å²) in [5.41, 5.74) is 1.00. The van der Waals surface area contributed by atoms with E-state index in [2.05, 4.69) is 0 Å². The summed E-state index contributed by atoms with van der Waals surface area (Å²) in [5, 5.41) is 0. The van der Waals surface area contributed by atoms with Crippen molar-refractivity contribution in [1.29, 1.82) is 0 Å². The molecule has 0 N–H and O–H groups in total. The normalized spacial score (nSPS) is 15.3. The molecule has 1 heterocycles. The second kappa shape index (κ2) is 7.70. The first-order valence-electron chi connectivity index (χ1n) is 7.96. The predicted octanol–water partition coefficient (Wildman–Crippen LogP) is 2.03. The Morgan fingerprint density at radius 2 is 1.76 bits per heavy atom. The molecule has 0 unspecified atom stereocenters. The van der Waals surface area contributed by atoms with Gasteiger partial charge < -0.3 is 19.1 Å². The molecular weight excluding hydrogens is 322 g/mol. The lowest BCUT2D eigenvalue weighted by atomic mass is 10.2. The second-order valence-electron chi connectivity index (χ2n) is 5.71. The number of fused-ring (bicyclic) bond motifs is 1. The third-order valence-corrected chi connectivity index (χ3v) is 3.80. The molecule has 1 amide bonds. The number of rotatable bonds is 5. The molecule has 0 bridgehead atoms. The molecule has 1 aliphatic rings. The lowest BCUT2D eigenvalue weighted by Crippen LogP contribution is -2.40. The minimum absolute atomic E-state index is 0.0594. The number of carbonyl (C=O) groups excluding carboxylic acids is 2. The monoisotopic (exact) mass is 341 g/mol. The Morgan fingerprint density at radius 1 is 1.08 bits per heavy atom. The summed E-state index contributed by atoms with van der Waals surface area (Å²) in [5.74, 6) is 0.179. The van der Waals surface area contributed by atoms with E-state index in [0.29, 0.717) is 18.0 Å². The zero-order valence-corrected chi connectivity index (χ0v) is 13.9. The summed E-state index contributed by atoms with van der Waals surface area (Å²) in [6.07, 6.45) is -0.873. The second-order valence-corrected chi connectivity index (χ2v) is 5.71. The maximum atomic E-state index is 12.1. The van der Waals surface area contributed by atoms with Crippen LogP contribution < -0.4 is 9.47 Å². The van der Waals surface area contributed by atoms with Crippen molar-refractivity contribution in [3.63, 3.8) is 0 Å². The van der Waals surface area contributed by atoms with Gasteiger partial charge >= 0.3 is 5.97 Å². The van der Waals surface area contributed by atoms with E-state index in [4.69, 9.17) is 14.2 Å². The van der Waals surface area contributed by atoms with E-state index in [9.17, 15) is 9.59 Å². The van der Waals surface area contributed by atoms with Gasteiger partial charge in [0.15, 0.2) is 18.1 Å². The summed E-state index contributed by atoms with van der Waals surface area (Å²) < 4.78 is 16.1. The average Bonchev–Trinajstić information content (AvgIpc) is 2.66. The van der Waals surface area contributed by atoms with E-state index in [1.54, 1.807) is 25.2 Å². The van der Waals surface area contributed by atoms with Gasteiger partial charge in [-0.05, 0) is 17.7 Å². The molecule has 0 saturated heterocycles. The Balaban J connectivity index is 1.48. The lowest BCUT2D eigenvalue weighted by molar-refractivity contribution is -0.159. The van der Waals surface area contributed by atoms with Crippen molar-refractivity contribution in [3.05, 3.63) is 60.2 Å². The highest BCUT2D eigenvalue weighted by molar-refractivity contribution is 5.82. The number of benzene rings is 2. The Hall–Kier alpha value is -3.02. The number of hydrogen-bond donors (Lipinski definition) is 0. The maximum Gasteiger partial charge on any atom is 0.351 e. The van der Waals surface area contributed by atoms with Gasteiger partial charge in [-0.3, -0.25) is 4.79 Å². The first-order valence-corrected chi connectivity index (χ1v) is 7.96. The summed E-state index contributed by atoms with van der Waals surface area (Å²) in [4.78, 5) is 25.7. The number of ether oxygens (including phenoxy) is 3. The summed E-state index contributed by atoms with van der Waals surface area (Å²) >= 11 is 0. The van der Waals surface area contributed by atoms with Crippen LogP contribution >= 0.6 is 0 Å². The quantitative estimate of drug-likeness (QED) is 0.779. The molecular formula is C19H19NO5. The zero-order valence-electron chi connectivity index (χ0n) is 13.9. The van der Waals surface area contributed by atoms with Crippen molar-refractivity contribution in [2.75, 3.05) is 20.3 Å². The number of carbonyl (C=O) groups is 2. The molecule has 0 saturated carbocycles. The van der Waals surface area contributed by atoms with Crippen molar-refractivity contribution in [1.82, 2.24) is 4.90 Å². The molecule has 2 aromatic rings. The van der Waals surface area contributed by atoms with Crippen molar-refractivity contribution < 1.29 is 23.8 Å². The molecule has 130 valence electrons. The zero-order chi connectivity index (χ0) is 17.6. The van der Waals surface area contributed by atoms with E-state index in [1.165, 1.54) is 4.90 Å². The van der Waals surface area contributed by atoms with Gasteiger partial charge in [0.25, 0.3) is 5.91 Å². The van der Waals surface area contributed by atoms with Crippen LogP contribution in [0.15, 0.2) is 54.6 Å². The fraction of sp³-hybridized carbons (Fsp3) is 0.263. The molecule has 0 aromatic heterocycles. The van der Waals surface area contributed by atoms with Gasteiger partial charge in [-0.2, -0.15) is 0 Å². The topological polar surface area (TPSA) is 65.1 Å². The standard InChI is InChI=1S/C19H19NO5/c1-20(11-14-7-3-2-4-8-14)18(21)13-24-19(22)17-12-23-15-9-5-6-10-16(15)25-17/h2-10,17H,11-13H2,1H3/t17-/m0/s1. The molecule has 0 fully saturated rings. The van der Waals surface area contributed by atoms with E-state index in [-0.39, 0.29) is 19.1 Å². The van der Waals surface area contributed by atoms with Crippen LogP contribution in [0.2, 0.25) is 0 Å². The van der Waals surface area contributed by atoms with Crippen LogP contribution in [0.5, 0.6) is 11.5 Å². The van der Waals surface area contributed by atoms with Crippen LogP contribution in [-0.4, -0.2) is 43.1 Å². The number of likely N-dealkylation sites (N-methyl/N-ethyl adjacent to an activating group) is 1. The molecule has 2 aromatic carbocycles. The highest BCUT2D eigenvalue weighted by Gasteiger charge is 2.29. The van der Waals surface area contributed by atoms with Gasteiger partial charge in [-0.25, -0.2) is 4.79 Å². The lowest BCUT2D eigenvalue weighted by Gasteiger charge is -2.25. The van der Waals surface area contributed by atoms with Crippen LogP contribution in [0.25, 0.3) is 0 Å². The van der Waals surface area contributed by atoms with Crippen molar-refractivity contribution in [2.45, 2.75) is 12.6 Å². The van der Waals surface area contributed by atoms with Crippen molar-refractivity contribution in [2.24, 2.45) is 0 Å². The highest BCUT2D eigenvalue weighted by Crippen LogP contribution is 2.31. The fourth-order valence-corrected chi connectivity index (χ4v) is 2.42. The van der Waals surface area contributed by atoms with Gasteiger partial charge in [0.1, 0.15) is 6.61 Å². The molecule has 1 atom stereocenters. The third-order valence-electron chi connectivity index (χ3n) is 3.80. The predicted molar refractivity (Wildman–Crippen MR) is 90.2 cm³/mol. The van der Waals surface area contributed by atoms with Crippen LogP contribution in [-0.2, 0) is 20.9 Å². The smallest absolute Gasteiger partial charge is 0.351 e. The minimum Gasteiger partial charge on any atom is -0.485 e. The van der Waals surface area contributed by atoms with Gasteiger partial charge in [0.2, 0.25) is 6.10 Å². The minimum atomic E-state index is -0.873. The summed E-state index contributed by atoms with van der Waals surface area (Å²) in [6.45, 7) is 0.182. The summed E-state index contributed by atoms with van der Waals surface area (Å²) in [6, 6.07) is 16.7. The van der Waals surface area contributed by atoms with Gasteiger partial charge in [0.05, 0.1) is 0 Å². The average molecular weight is 341 g/mol. The highest BCUT2D eigenvalue weighted by atomic mass is 16.6. The molecule has 6 heteroatoms. The summed E-state index contributed by atoms with van der Waals surface area (Å²) in [7, 11) is 1.67. The number of para-hydroxylation sites is 2. The Labute approximate surface area is 145 Å². The number of amides is 1. The number of hydrogen-bond acceptors (Lipinski definition) is 5. The first-order chi connectivity index (χ1) is 12.1. The van der Waals surface area contributed by atoms with E-state index >= 15 is 0 Å². The van der Waals surface area contributed by atoms with Crippen LogP contribution in [0.4, 0.5) is 0 Å². The first kappa shape index (κ1) is 16.8. The maximum absolute atomic E-state index is 12.1. The largest absolute Gasteiger partial charge is 0.485 e. The number of nitrogens with zero attached hydrogens (tertiary/aromatic N) is 1. The molecule has 0 radical (unpaired) electrons. The molecule has 25 heavy (non-hydrogen) atoms. The molecule has 3 rings (SSSR count). The Morgan fingerprint density at radius 3 is 2.52 bits per heavy atom. The van der Waals surface area contributed by atoms with Gasteiger partial charge in [0, 0.05) is 13.6 Å². The van der Waals surface area contributed by atoms with E-state index in [1.807, 2.05) is 36.4 Å². The van der Waals surface area contributed by atoms with E-state index in [0.717, 1.165) is 5.56 Å². The SMILES string of the molecule is CN(Cc1ccccc1)C(=O)COC(=O)[C@@H]1COc2ccccc2O1. The van der Waals surface area contributed by atoms with Crippen molar-refractivity contribution >= 4 is 11.9 Å². The third kappa shape index (κ3) is 4.29. The molecule has 0 spiro atoms. The molecule has 0 aliphatic carbocycles. The molecule has 6 nitrogen and oxygen atoms in total. The van der Waals surface area contributed by atoms with Crippen LogP contribution in [0.3, 0.4) is 0 Å².